The van der Waals surface area contributed by atoms with Crippen molar-refractivity contribution in [3.63, 3.8) is 0 Å². The van der Waals surface area contributed by atoms with Crippen molar-refractivity contribution in [3.05, 3.63) is 36.1 Å². The molecule has 0 aliphatic carbocycles. The van der Waals surface area contributed by atoms with Crippen LogP contribution in [0.2, 0.25) is 0 Å². The second-order valence-electron chi connectivity index (χ2n) is 5.53. The summed E-state index contributed by atoms with van der Waals surface area (Å²) in [6.45, 7) is 1.87. The first-order chi connectivity index (χ1) is 10.1. The van der Waals surface area contributed by atoms with Gasteiger partial charge in [-0.1, -0.05) is 18.2 Å². The number of carbonyl (C=O) groups excluding carboxylic acids is 1. The number of rotatable bonds is 3. The third-order valence-corrected chi connectivity index (χ3v) is 4.95. The van der Waals surface area contributed by atoms with Crippen molar-refractivity contribution in [3.8, 4) is 0 Å². The maximum atomic E-state index is 12.3. The molecule has 0 bridgehead atoms. The number of furan rings is 1. The van der Waals surface area contributed by atoms with Gasteiger partial charge in [-0.25, -0.2) is 0 Å². The van der Waals surface area contributed by atoms with E-state index < -0.39 is 5.60 Å². The molecule has 5 heteroatoms. The van der Waals surface area contributed by atoms with Gasteiger partial charge < -0.3 is 14.8 Å². The molecule has 4 nitrogen and oxygen atoms in total. The van der Waals surface area contributed by atoms with Gasteiger partial charge in [-0.2, -0.15) is 11.8 Å². The molecule has 1 aromatic heterocycles. The number of hydrogen-bond donors (Lipinski definition) is 2. The predicted molar refractivity (Wildman–Crippen MR) is 84.3 cm³/mol. The number of benzene rings is 1. The minimum absolute atomic E-state index is 0.261. The van der Waals surface area contributed by atoms with Crippen molar-refractivity contribution >= 4 is 28.6 Å². The Labute approximate surface area is 127 Å². The largest absolute Gasteiger partial charge is 0.459 e. The highest BCUT2D eigenvalue weighted by Gasteiger charge is 2.38. The average Bonchev–Trinajstić information content (AvgIpc) is 2.92. The third-order valence-electron chi connectivity index (χ3n) is 3.96. The zero-order valence-corrected chi connectivity index (χ0v) is 12.8. The quantitative estimate of drug-likeness (QED) is 0.915. The van der Waals surface area contributed by atoms with Gasteiger partial charge in [0.1, 0.15) is 16.9 Å². The second kappa shape index (κ2) is 5.73. The standard InChI is InChI=1S/C16H19NO3S/c1-11(14-10-12-4-2-3-5-13(12)20-14)17-15(18)16(19)6-8-21-9-7-16/h2-5,10-11,19H,6-9H2,1H3,(H,17,18). The summed E-state index contributed by atoms with van der Waals surface area (Å²) < 4.78 is 5.75. The summed E-state index contributed by atoms with van der Waals surface area (Å²) in [5, 5.41) is 14.3. The van der Waals surface area contributed by atoms with Crippen LogP contribution < -0.4 is 5.32 Å². The average molecular weight is 305 g/mol. The molecule has 3 rings (SSSR count). The zero-order valence-electron chi connectivity index (χ0n) is 12.0. The molecule has 0 saturated carbocycles. The van der Waals surface area contributed by atoms with E-state index in [2.05, 4.69) is 5.32 Å². The summed E-state index contributed by atoms with van der Waals surface area (Å²) in [5.41, 5.74) is -0.424. The lowest BCUT2D eigenvalue weighted by molar-refractivity contribution is -0.141. The molecular weight excluding hydrogens is 286 g/mol. The molecular formula is C16H19NO3S. The number of aliphatic hydroxyl groups is 1. The van der Waals surface area contributed by atoms with Gasteiger partial charge in [-0.05, 0) is 43.4 Å². The number of thioether (sulfide) groups is 1. The van der Waals surface area contributed by atoms with E-state index in [4.69, 9.17) is 4.42 Å². The molecule has 2 aromatic rings. The first-order valence-electron chi connectivity index (χ1n) is 7.18. The summed E-state index contributed by atoms with van der Waals surface area (Å²) >= 11 is 1.77. The van der Waals surface area contributed by atoms with Crippen LogP contribution in [0.3, 0.4) is 0 Å². The molecule has 21 heavy (non-hydrogen) atoms. The van der Waals surface area contributed by atoms with Gasteiger partial charge in [0, 0.05) is 5.39 Å². The van der Waals surface area contributed by atoms with E-state index in [1.54, 1.807) is 11.8 Å². The number of para-hydroxylation sites is 1. The molecule has 2 heterocycles. The number of nitrogens with one attached hydrogen (secondary N) is 1. The van der Waals surface area contributed by atoms with Crippen LogP contribution in [0.25, 0.3) is 11.0 Å². The Bertz CT molecular complexity index is 613. The van der Waals surface area contributed by atoms with Crippen LogP contribution in [-0.4, -0.2) is 28.1 Å². The Morgan fingerprint density at radius 3 is 2.81 bits per heavy atom. The normalized spacial score (nSPS) is 19.3. The van der Waals surface area contributed by atoms with Crippen LogP contribution >= 0.6 is 11.8 Å². The van der Waals surface area contributed by atoms with Crippen LogP contribution in [-0.2, 0) is 4.79 Å². The fraction of sp³-hybridized carbons (Fsp3) is 0.438. The Kier molecular flexibility index (Phi) is 3.95. The monoisotopic (exact) mass is 305 g/mol. The molecule has 0 radical (unpaired) electrons. The molecule has 1 fully saturated rings. The van der Waals surface area contributed by atoms with Crippen LogP contribution in [0.1, 0.15) is 31.6 Å². The minimum Gasteiger partial charge on any atom is -0.459 e. The Balaban J connectivity index is 1.73. The molecule has 1 aliphatic heterocycles. The van der Waals surface area contributed by atoms with Gasteiger partial charge in [0.2, 0.25) is 0 Å². The highest BCUT2D eigenvalue weighted by Crippen LogP contribution is 2.29. The van der Waals surface area contributed by atoms with Gasteiger partial charge in [-0.3, -0.25) is 4.79 Å². The van der Waals surface area contributed by atoms with Gasteiger partial charge >= 0.3 is 0 Å². The maximum Gasteiger partial charge on any atom is 0.252 e. The van der Waals surface area contributed by atoms with Crippen molar-refractivity contribution < 1.29 is 14.3 Å². The number of hydrogen-bond acceptors (Lipinski definition) is 4. The van der Waals surface area contributed by atoms with E-state index in [9.17, 15) is 9.90 Å². The van der Waals surface area contributed by atoms with E-state index in [1.165, 1.54) is 0 Å². The minimum atomic E-state index is -1.23. The number of fused-ring (bicyclic) bond motifs is 1. The van der Waals surface area contributed by atoms with Crippen molar-refractivity contribution in [2.75, 3.05) is 11.5 Å². The lowest BCUT2D eigenvalue weighted by atomic mass is 9.95. The van der Waals surface area contributed by atoms with Crippen LogP contribution in [0.5, 0.6) is 0 Å². The van der Waals surface area contributed by atoms with Crippen molar-refractivity contribution in [2.24, 2.45) is 0 Å². The molecule has 1 saturated heterocycles. The highest BCUT2D eigenvalue weighted by molar-refractivity contribution is 7.99. The topological polar surface area (TPSA) is 62.5 Å². The van der Waals surface area contributed by atoms with Gasteiger partial charge in [0.15, 0.2) is 0 Å². The molecule has 0 spiro atoms. The first-order valence-corrected chi connectivity index (χ1v) is 8.33. The summed E-state index contributed by atoms with van der Waals surface area (Å²) in [7, 11) is 0. The van der Waals surface area contributed by atoms with Gasteiger partial charge in [-0.15, -0.1) is 0 Å². The summed E-state index contributed by atoms with van der Waals surface area (Å²) in [6.07, 6.45) is 1.02. The first kappa shape index (κ1) is 14.5. The van der Waals surface area contributed by atoms with Gasteiger partial charge in [0.25, 0.3) is 5.91 Å². The van der Waals surface area contributed by atoms with E-state index >= 15 is 0 Å². The second-order valence-corrected chi connectivity index (χ2v) is 6.75. The molecule has 1 aliphatic rings. The highest BCUT2D eigenvalue weighted by atomic mass is 32.2. The molecule has 1 unspecified atom stereocenters. The Hall–Kier alpha value is -1.46. The number of carbonyl (C=O) groups is 1. The molecule has 1 amide bonds. The van der Waals surface area contributed by atoms with Crippen molar-refractivity contribution in [2.45, 2.75) is 31.4 Å². The summed E-state index contributed by atoms with van der Waals surface area (Å²) in [4.78, 5) is 12.3. The van der Waals surface area contributed by atoms with Crippen molar-refractivity contribution in [1.29, 1.82) is 0 Å². The Morgan fingerprint density at radius 2 is 2.10 bits per heavy atom. The summed E-state index contributed by atoms with van der Waals surface area (Å²) in [6, 6.07) is 9.42. The third kappa shape index (κ3) is 2.94. The van der Waals surface area contributed by atoms with E-state index in [0.717, 1.165) is 22.5 Å². The summed E-state index contributed by atoms with van der Waals surface area (Å²) in [5.74, 6) is 2.06. The van der Waals surface area contributed by atoms with Crippen LogP contribution in [0.15, 0.2) is 34.7 Å². The smallest absolute Gasteiger partial charge is 0.252 e. The van der Waals surface area contributed by atoms with Crippen LogP contribution in [0.4, 0.5) is 0 Å². The lowest BCUT2D eigenvalue weighted by Gasteiger charge is -2.31. The fourth-order valence-electron chi connectivity index (χ4n) is 2.55. The molecule has 112 valence electrons. The molecule has 1 aromatic carbocycles. The lowest BCUT2D eigenvalue weighted by Crippen LogP contribution is -2.49. The van der Waals surface area contributed by atoms with Crippen molar-refractivity contribution in [1.82, 2.24) is 5.32 Å². The van der Waals surface area contributed by atoms with E-state index in [0.29, 0.717) is 18.6 Å². The van der Waals surface area contributed by atoms with Crippen LogP contribution in [0, 0.1) is 0 Å². The Morgan fingerprint density at radius 1 is 1.38 bits per heavy atom. The molecule has 1 atom stereocenters. The fourth-order valence-corrected chi connectivity index (χ4v) is 3.72. The van der Waals surface area contributed by atoms with E-state index in [1.807, 2.05) is 37.3 Å². The zero-order chi connectivity index (χ0) is 14.9. The molecule has 2 N–H and O–H groups in total. The SMILES string of the molecule is CC(NC(=O)C1(O)CCSCC1)c1cc2ccccc2o1. The van der Waals surface area contributed by atoms with Gasteiger partial charge in [0.05, 0.1) is 6.04 Å². The predicted octanol–water partition coefficient (Wildman–Crippen LogP) is 2.87. The maximum absolute atomic E-state index is 12.3. The van der Waals surface area contributed by atoms with E-state index in [-0.39, 0.29) is 11.9 Å². The number of amides is 1.